The summed E-state index contributed by atoms with van der Waals surface area (Å²) in [5.74, 6) is -13.8. The Morgan fingerprint density at radius 1 is 0.913 bits per heavy atom. The third-order valence-corrected chi connectivity index (χ3v) is 3.28. The van der Waals surface area contributed by atoms with Crippen molar-refractivity contribution in [3.8, 4) is 11.1 Å². The molecule has 2 aromatic carbocycles. The number of carbonyl (C=O) groups is 1. The van der Waals surface area contributed by atoms with Crippen LogP contribution >= 0.6 is 0 Å². The molecular weight excluding hydrogens is 326 g/mol. The Morgan fingerprint density at radius 3 is 1.83 bits per heavy atom. The smallest absolute Gasteiger partial charge is 0.336 e. The zero-order valence-corrected chi connectivity index (χ0v) is 11.5. The Bertz CT molecular complexity index is 787. The molecule has 0 spiro atoms. The molecule has 0 bridgehead atoms. The van der Waals surface area contributed by atoms with E-state index in [2.05, 4.69) is 0 Å². The standard InChI is InChI=1S/C15H8F6O2/c1-2-6-7(3-5(16)4-8(6)15(22)23)9-10(17)12(19)14(21)13(20)11(9)18/h3-4H,2H2,1H3,(H,22,23). The van der Waals surface area contributed by atoms with Crippen LogP contribution in [0.2, 0.25) is 0 Å². The predicted octanol–water partition coefficient (Wildman–Crippen LogP) is 4.45. The predicted molar refractivity (Wildman–Crippen MR) is 68.0 cm³/mol. The molecule has 23 heavy (non-hydrogen) atoms. The largest absolute Gasteiger partial charge is 0.478 e. The Labute approximate surface area is 126 Å². The normalized spacial score (nSPS) is 10.9. The molecule has 1 N–H and O–H groups in total. The summed E-state index contributed by atoms with van der Waals surface area (Å²) in [5.41, 5.74) is -2.92. The lowest BCUT2D eigenvalue weighted by molar-refractivity contribution is 0.0695. The van der Waals surface area contributed by atoms with Crippen LogP contribution in [0.1, 0.15) is 22.8 Å². The Kier molecular flexibility index (Phi) is 4.35. The molecule has 0 saturated carbocycles. The summed E-state index contributed by atoms with van der Waals surface area (Å²) in [6, 6.07) is 1.14. The first kappa shape index (κ1) is 16.9. The maximum atomic E-state index is 13.9. The Balaban J connectivity index is 2.96. The third kappa shape index (κ3) is 2.64. The van der Waals surface area contributed by atoms with Gasteiger partial charge in [-0.25, -0.2) is 31.1 Å². The van der Waals surface area contributed by atoms with E-state index < -0.39 is 57.6 Å². The number of benzene rings is 2. The summed E-state index contributed by atoms with van der Waals surface area (Å²) < 4.78 is 81.0. The van der Waals surface area contributed by atoms with Crippen molar-refractivity contribution < 1.29 is 36.2 Å². The number of rotatable bonds is 3. The van der Waals surface area contributed by atoms with E-state index in [9.17, 15) is 31.1 Å². The molecule has 0 aliphatic carbocycles. The van der Waals surface area contributed by atoms with Crippen LogP contribution in [0.15, 0.2) is 12.1 Å². The molecular formula is C15H8F6O2. The van der Waals surface area contributed by atoms with Crippen LogP contribution in [0.3, 0.4) is 0 Å². The molecule has 0 saturated heterocycles. The van der Waals surface area contributed by atoms with E-state index in [4.69, 9.17) is 5.11 Å². The van der Waals surface area contributed by atoms with Gasteiger partial charge in [-0.05, 0) is 29.7 Å². The van der Waals surface area contributed by atoms with Gasteiger partial charge in [0.05, 0.1) is 11.1 Å². The van der Waals surface area contributed by atoms with Crippen molar-refractivity contribution in [1.29, 1.82) is 0 Å². The van der Waals surface area contributed by atoms with E-state index in [0.717, 1.165) is 0 Å². The summed E-state index contributed by atoms with van der Waals surface area (Å²) in [4.78, 5) is 11.1. The molecule has 2 rings (SSSR count). The van der Waals surface area contributed by atoms with E-state index in [1.165, 1.54) is 6.92 Å². The maximum Gasteiger partial charge on any atom is 0.336 e. The van der Waals surface area contributed by atoms with Crippen LogP contribution in [-0.2, 0) is 6.42 Å². The molecule has 0 amide bonds. The lowest BCUT2D eigenvalue weighted by atomic mass is 9.92. The molecule has 8 heteroatoms. The van der Waals surface area contributed by atoms with E-state index in [-0.39, 0.29) is 12.0 Å². The van der Waals surface area contributed by atoms with E-state index in [1.807, 2.05) is 0 Å². The molecule has 2 nitrogen and oxygen atoms in total. The van der Waals surface area contributed by atoms with Gasteiger partial charge in [-0.2, -0.15) is 0 Å². The first-order chi connectivity index (χ1) is 10.7. The average Bonchev–Trinajstić information content (AvgIpc) is 2.50. The number of hydrogen-bond acceptors (Lipinski definition) is 1. The van der Waals surface area contributed by atoms with Crippen molar-refractivity contribution in [3.05, 3.63) is 58.2 Å². The topological polar surface area (TPSA) is 37.3 Å². The minimum atomic E-state index is -2.35. The van der Waals surface area contributed by atoms with Gasteiger partial charge < -0.3 is 5.11 Å². The van der Waals surface area contributed by atoms with Crippen LogP contribution in [-0.4, -0.2) is 11.1 Å². The SMILES string of the molecule is CCc1c(C(=O)O)cc(F)cc1-c1c(F)c(F)c(F)c(F)c1F. The van der Waals surface area contributed by atoms with Gasteiger partial charge in [0, 0.05) is 0 Å². The quantitative estimate of drug-likeness (QED) is 0.512. The minimum Gasteiger partial charge on any atom is -0.478 e. The monoisotopic (exact) mass is 334 g/mol. The number of carboxylic acids is 1. The van der Waals surface area contributed by atoms with Crippen LogP contribution in [0.4, 0.5) is 26.3 Å². The maximum absolute atomic E-state index is 13.9. The highest BCUT2D eigenvalue weighted by atomic mass is 19.2. The lowest BCUT2D eigenvalue weighted by Gasteiger charge is -2.14. The summed E-state index contributed by atoms with van der Waals surface area (Å²) >= 11 is 0. The number of halogens is 6. The van der Waals surface area contributed by atoms with Crippen LogP contribution < -0.4 is 0 Å². The Hall–Kier alpha value is -2.51. The fraction of sp³-hybridized carbons (Fsp3) is 0.133. The molecule has 2 aromatic rings. The fourth-order valence-electron chi connectivity index (χ4n) is 2.27. The highest BCUT2D eigenvalue weighted by Gasteiger charge is 2.29. The van der Waals surface area contributed by atoms with E-state index in [1.54, 1.807) is 0 Å². The number of carboxylic acid groups (broad SMARTS) is 1. The van der Waals surface area contributed by atoms with Crippen molar-refractivity contribution in [2.75, 3.05) is 0 Å². The summed E-state index contributed by atoms with van der Waals surface area (Å²) in [6.45, 7) is 1.40. The molecule has 0 aromatic heterocycles. The number of hydrogen-bond donors (Lipinski definition) is 1. The molecule has 0 aliphatic rings. The van der Waals surface area contributed by atoms with E-state index >= 15 is 0 Å². The molecule has 0 atom stereocenters. The van der Waals surface area contributed by atoms with Crippen LogP contribution in [0, 0.1) is 34.9 Å². The first-order valence-corrected chi connectivity index (χ1v) is 6.28. The molecule has 0 radical (unpaired) electrons. The van der Waals surface area contributed by atoms with Gasteiger partial charge >= 0.3 is 5.97 Å². The van der Waals surface area contributed by atoms with Gasteiger partial charge in [0.1, 0.15) is 5.82 Å². The van der Waals surface area contributed by atoms with E-state index in [0.29, 0.717) is 12.1 Å². The van der Waals surface area contributed by atoms with Gasteiger partial charge in [0.2, 0.25) is 5.82 Å². The molecule has 0 heterocycles. The highest BCUT2D eigenvalue weighted by Crippen LogP contribution is 2.35. The van der Waals surface area contributed by atoms with Crippen molar-refractivity contribution in [2.45, 2.75) is 13.3 Å². The van der Waals surface area contributed by atoms with Gasteiger partial charge in [0.15, 0.2) is 23.3 Å². The summed E-state index contributed by atoms with van der Waals surface area (Å²) in [6.07, 6.45) is -0.128. The minimum absolute atomic E-state index is 0.128. The van der Waals surface area contributed by atoms with Crippen LogP contribution in [0.25, 0.3) is 11.1 Å². The van der Waals surface area contributed by atoms with Gasteiger partial charge in [-0.15, -0.1) is 0 Å². The van der Waals surface area contributed by atoms with Gasteiger partial charge in [0.25, 0.3) is 0 Å². The highest BCUT2D eigenvalue weighted by molar-refractivity contribution is 5.92. The molecule has 0 unspecified atom stereocenters. The second-order valence-electron chi connectivity index (χ2n) is 4.58. The van der Waals surface area contributed by atoms with Crippen LogP contribution in [0.5, 0.6) is 0 Å². The zero-order chi connectivity index (χ0) is 17.5. The summed E-state index contributed by atoms with van der Waals surface area (Å²) in [5, 5.41) is 9.02. The van der Waals surface area contributed by atoms with Crippen molar-refractivity contribution in [1.82, 2.24) is 0 Å². The molecule has 122 valence electrons. The second-order valence-corrected chi connectivity index (χ2v) is 4.58. The molecule has 0 aliphatic heterocycles. The second kappa shape index (κ2) is 5.94. The van der Waals surface area contributed by atoms with Crippen molar-refractivity contribution in [2.24, 2.45) is 0 Å². The first-order valence-electron chi connectivity index (χ1n) is 6.28. The zero-order valence-electron chi connectivity index (χ0n) is 11.5. The van der Waals surface area contributed by atoms with Gasteiger partial charge in [-0.3, -0.25) is 0 Å². The molecule has 0 fully saturated rings. The van der Waals surface area contributed by atoms with Gasteiger partial charge in [-0.1, -0.05) is 6.92 Å². The fourth-order valence-corrected chi connectivity index (χ4v) is 2.27. The third-order valence-electron chi connectivity index (χ3n) is 3.28. The number of aromatic carboxylic acids is 1. The summed E-state index contributed by atoms with van der Waals surface area (Å²) in [7, 11) is 0. The Morgan fingerprint density at radius 2 is 1.39 bits per heavy atom. The average molecular weight is 334 g/mol. The van der Waals surface area contributed by atoms with Crippen molar-refractivity contribution >= 4 is 5.97 Å². The lowest BCUT2D eigenvalue weighted by Crippen LogP contribution is -2.09. The van der Waals surface area contributed by atoms with Crippen molar-refractivity contribution in [3.63, 3.8) is 0 Å².